The van der Waals surface area contributed by atoms with Gasteiger partial charge in [-0.1, -0.05) is 24.3 Å². The standard InChI is InChI=1S/C13H17NO/c14-13(7-8-13)11-5-3-10(4-6-11)12-2-1-9-15-12/h3-6,12H,1-2,7-9,14H2. The molecule has 1 aliphatic carbocycles. The Morgan fingerprint density at radius 1 is 1.20 bits per heavy atom. The van der Waals surface area contributed by atoms with Crippen LogP contribution in [0.2, 0.25) is 0 Å². The van der Waals surface area contributed by atoms with E-state index in [1.54, 1.807) is 0 Å². The van der Waals surface area contributed by atoms with E-state index in [-0.39, 0.29) is 5.54 Å². The van der Waals surface area contributed by atoms with E-state index in [0.29, 0.717) is 6.10 Å². The summed E-state index contributed by atoms with van der Waals surface area (Å²) < 4.78 is 5.65. The molecule has 0 bridgehead atoms. The maximum atomic E-state index is 6.14. The smallest absolute Gasteiger partial charge is 0.0825 e. The molecule has 1 aromatic carbocycles. The summed E-state index contributed by atoms with van der Waals surface area (Å²) in [6.07, 6.45) is 4.94. The minimum absolute atomic E-state index is 0.00490. The summed E-state index contributed by atoms with van der Waals surface area (Å²) in [5, 5.41) is 0. The van der Waals surface area contributed by atoms with Gasteiger partial charge in [-0.05, 0) is 36.8 Å². The molecule has 1 aliphatic heterocycles. The minimum atomic E-state index is -0.00490. The predicted molar refractivity (Wildman–Crippen MR) is 59.5 cm³/mol. The highest BCUT2D eigenvalue weighted by Gasteiger charge is 2.39. The monoisotopic (exact) mass is 203 g/mol. The highest BCUT2D eigenvalue weighted by Crippen LogP contribution is 2.43. The van der Waals surface area contributed by atoms with Crippen LogP contribution in [-0.2, 0) is 10.3 Å². The Bertz CT molecular complexity index is 347. The summed E-state index contributed by atoms with van der Waals surface area (Å²) in [4.78, 5) is 0. The fraction of sp³-hybridized carbons (Fsp3) is 0.538. The second-order valence-corrected chi connectivity index (χ2v) is 4.78. The summed E-state index contributed by atoms with van der Waals surface area (Å²) >= 11 is 0. The van der Waals surface area contributed by atoms with Gasteiger partial charge in [-0.15, -0.1) is 0 Å². The maximum Gasteiger partial charge on any atom is 0.0825 e. The summed E-state index contributed by atoms with van der Waals surface area (Å²) in [7, 11) is 0. The third-order valence-corrected chi connectivity index (χ3v) is 3.58. The lowest BCUT2D eigenvalue weighted by molar-refractivity contribution is 0.112. The molecular formula is C13H17NO. The van der Waals surface area contributed by atoms with Gasteiger partial charge in [-0.3, -0.25) is 0 Å². The Balaban J connectivity index is 1.81. The highest BCUT2D eigenvalue weighted by atomic mass is 16.5. The van der Waals surface area contributed by atoms with Gasteiger partial charge in [-0.25, -0.2) is 0 Å². The minimum Gasteiger partial charge on any atom is -0.374 e. The van der Waals surface area contributed by atoms with Crippen LogP contribution < -0.4 is 5.73 Å². The molecule has 1 unspecified atom stereocenters. The zero-order valence-corrected chi connectivity index (χ0v) is 8.91. The molecule has 1 atom stereocenters. The lowest BCUT2D eigenvalue weighted by Gasteiger charge is -2.13. The van der Waals surface area contributed by atoms with Crippen LogP contribution in [0.15, 0.2) is 24.3 Å². The van der Waals surface area contributed by atoms with Crippen molar-refractivity contribution in [3.8, 4) is 0 Å². The number of rotatable bonds is 2. The second-order valence-electron chi connectivity index (χ2n) is 4.78. The lowest BCUT2D eigenvalue weighted by Crippen LogP contribution is -2.18. The zero-order valence-electron chi connectivity index (χ0n) is 8.91. The second kappa shape index (κ2) is 3.32. The van der Waals surface area contributed by atoms with Crippen LogP contribution in [0.5, 0.6) is 0 Å². The van der Waals surface area contributed by atoms with Gasteiger partial charge in [0.25, 0.3) is 0 Å². The third-order valence-electron chi connectivity index (χ3n) is 3.58. The first kappa shape index (κ1) is 9.37. The number of benzene rings is 1. The number of ether oxygens (including phenoxy) is 1. The Hall–Kier alpha value is -0.860. The molecule has 2 aliphatic rings. The Morgan fingerprint density at radius 2 is 1.93 bits per heavy atom. The molecule has 2 heteroatoms. The number of hydrogen-bond acceptors (Lipinski definition) is 2. The Morgan fingerprint density at radius 3 is 2.47 bits per heavy atom. The highest BCUT2D eigenvalue weighted by molar-refractivity contribution is 5.33. The maximum absolute atomic E-state index is 6.14. The quantitative estimate of drug-likeness (QED) is 0.801. The summed E-state index contributed by atoms with van der Waals surface area (Å²) in [6, 6.07) is 8.70. The van der Waals surface area contributed by atoms with E-state index >= 15 is 0 Å². The van der Waals surface area contributed by atoms with Gasteiger partial charge in [0.05, 0.1) is 6.10 Å². The van der Waals surface area contributed by atoms with E-state index in [2.05, 4.69) is 24.3 Å². The first-order valence-electron chi connectivity index (χ1n) is 5.79. The van der Waals surface area contributed by atoms with Gasteiger partial charge in [0, 0.05) is 12.1 Å². The van der Waals surface area contributed by atoms with Crippen molar-refractivity contribution >= 4 is 0 Å². The molecule has 1 aromatic rings. The molecule has 1 saturated heterocycles. The van der Waals surface area contributed by atoms with Crippen LogP contribution in [0.1, 0.15) is 42.9 Å². The molecule has 0 aromatic heterocycles. The van der Waals surface area contributed by atoms with E-state index in [4.69, 9.17) is 10.5 Å². The molecule has 3 rings (SSSR count). The van der Waals surface area contributed by atoms with Crippen molar-refractivity contribution in [3.63, 3.8) is 0 Å². The van der Waals surface area contributed by atoms with Crippen molar-refractivity contribution in [3.05, 3.63) is 35.4 Å². The molecular weight excluding hydrogens is 186 g/mol. The SMILES string of the molecule is NC1(c2ccc(C3CCCO3)cc2)CC1. The topological polar surface area (TPSA) is 35.2 Å². The van der Waals surface area contributed by atoms with E-state index in [0.717, 1.165) is 25.9 Å². The van der Waals surface area contributed by atoms with Gasteiger partial charge in [-0.2, -0.15) is 0 Å². The molecule has 0 amide bonds. The van der Waals surface area contributed by atoms with Gasteiger partial charge in [0.15, 0.2) is 0 Å². The van der Waals surface area contributed by atoms with Crippen LogP contribution in [0.25, 0.3) is 0 Å². The average molecular weight is 203 g/mol. The number of nitrogens with two attached hydrogens (primary N) is 1. The molecule has 1 heterocycles. The van der Waals surface area contributed by atoms with Crippen LogP contribution >= 0.6 is 0 Å². The van der Waals surface area contributed by atoms with Gasteiger partial charge >= 0.3 is 0 Å². The van der Waals surface area contributed by atoms with Crippen LogP contribution in [0.3, 0.4) is 0 Å². The van der Waals surface area contributed by atoms with Gasteiger partial charge in [0.2, 0.25) is 0 Å². The van der Waals surface area contributed by atoms with E-state index in [9.17, 15) is 0 Å². The molecule has 0 radical (unpaired) electrons. The predicted octanol–water partition coefficient (Wildman–Crippen LogP) is 2.49. The van der Waals surface area contributed by atoms with Crippen LogP contribution in [-0.4, -0.2) is 6.61 Å². The summed E-state index contributed by atoms with van der Waals surface area (Å²) in [5.41, 5.74) is 8.72. The summed E-state index contributed by atoms with van der Waals surface area (Å²) in [5.74, 6) is 0. The zero-order chi connectivity index (χ0) is 10.3. The van der Waals surface area contributed by atoms with E-state index < -0.39 is 0 Å². The average Bonchev–Trinajstić information content (AvgIpc) is 2.84. The fourth-order valence-electron chi connectivity index (χ4n) is 2.29. The van der Waals surface area contributed by atoms with Crippen molar-refractivity contribution in [1.29, 1.82) is 0 Å². The normalized spacial score (nSPS) is 27.9. The van der Waals surface area contributed by atoms with Crippen molar-refractivity contribution in [2.75, 3.05) is 6.61 Å². The van der Waals surface area contributed by atoms with Crippen molar-refractivity contribution in [1.82, 2.24) is 0 Å². The third kappa shape index (κ3) is 1.68. The van der Waals surface area contributed by atoms with Crippen LogP contribution in [0.4, 0.5) is 0 Å². The largest absolute Gasteiger partial charge is 0.374 e. The molecule has 2 nitrogen and oxygen atoms in total. The van der Waals surface area contributed by atoms with Crippen LogP contribution in [0, 0.1) is 0 Å². The first-order chi connectivity index (χ1) is 7.28. The van der Waals surface area contributed by atoms with E-state index in [1.165, 1.54) is 17.5 Å². The van der Waals surface area contributed by atoms with Gasteiger partial charge in [0.1, 0.15) is 0 Å². The Labute approximate surface area is 90.4 Å². The molecule has 80 valence electrons. The molecule has 2 fully saturated rings. The number of hydrogen-bond donors (Lipinski definition) is 1. The molecule has 2 N–H and O–H groups in total. The lowest BCUT2D eigenvalue weighted by atomic mass is 10.0. The molecule has 1 saturated carbocycles. The van der Waals surface area contributed by atoms with E-state index in [1.807, 2.05) is 0 Å². The first-order valence-corrected chi connectivity index (χ1v) is 5.79. The van der Waals surface area contributed by atoms with Crippen molar-refractivity contribution in [2.45, 2.75) is 37.3 Å². The summed E-state index contributed by atoms with van der Waals surface area (Å²) in [6.45, 7) is 0.910. The Kier molecular flexibility index (Phi) is 2.08. The fourth-order valence-corrected chi connectivity index (χ4v) is 2.29. The van der Waals surface area contributed by atoms with Gasteiger partial charge < -0.3 is 10.5 Å². The van der Waals surface area contributed by atoms with Crippen molar-refractivity contribution < 1.29 is 4.74 Å². The molecule has 0 spiro atoms. The molecule has 15 heavy (non-hydrogen) atoms. The van der Waals surface area contributed by atoms with Crippen molar-refractivity contribution in [2.24, 2.45) is 5.73 Å².